The third kappa shape index (κ3) is 1.26. The molecule has 4 rings (SSSR count). The van der Waals surface area contributed by atoms with Gasteiger partial charge in [-0.1, -0.05) is 24.3 Å². The van der Waals surface area contributed by atoms with Crippen LogP contribution in [0.2, 0.25) is 0 Å². The first kappa shape index (κ1) is 11.2. The lowest BCUT2D eigenvalue weighted by Gasteiger charge is -2.13. The Bertz CT molecular complexity index is 967. The van der Waals surface area contributed by atoms with Crippen LogP contribution in [0.3, 0.4) is 0 Å². The smallest absolute Gasteiger partial charge is 0.348 e. The number of nitrogens with zero attached hydrogens (tertiary/aromatic N) is 1. The molecule has 6 heteroatoms. The summed E-state index contributed by atoms with van der Waals surface area (Å²) in [5.41, 5.74) is 0.150. The number of hydrogen-bond acceptors (Lipinski definition) is 6. The van der Waals surface area contributed by atoms with Crippen molar-refractivity contribution >= 4 is 33.1 Å². The number of carbonyl (C=O) groups is 2. The number of carbonyl (C=O) groups excluding carboxylic acids is 2. The zero-order valence-electron chi connectivity index (χ0n) is 9.88. The summed E-state index contributed by atoms with van der Waals surface area (Å²) in [4.78, 5) is 41.3. The van der Waals surface area contributed by atoms with Crippen molar-refractivity contribution in [1.29, 1.82) is 0 Å². The Kier molecular flexibility index (Phi) is 2.08. The van der Waals surface area contributed by atoms with Crippen molar-refractivity contribution in [2.75, 3.05) is 0 Å². The van der Waals surface area contributed by atoms with E-state index in [2.05, 4.69) is 4.98 Å². The van der Waals surface area contributed by atoms with Gasteiger partial charge in [-0.2, -0.15) is 0 Å². The van der Waals surface area contributed by atoms with Crippen molar-refractivity contribution in [3.63, 3.8) is 0 Å². The van der Waals surface area contributed by atoms with Gasteiger partial charge < -0.3 is 4.42 Å². The molecule has 0 saturated carbocycles. The molecule has 0 unspecified atom stereocenters. The summed E-state index contributed by atoms with van der Waals surface area (Å²) >= 11 is 1.05. The quantitative estimate of drug-likeness (QED) is 0.493. The molecule has 0 bridgehead atoms. The lowest BCUT2D eigenvalue weighted by Crippen LogP contribution is -2.20. The van der Waals surface area contributed by atoms with Gasteiger partial charge >= 0.3 is 5.63 Å². The molecular weight excluding hydrogens is 278 g/mol. The van der Waals surface area contributed by atoms with Crippen molar-refractivity contribution < 1.29 is 14.0 Å². The van der Waals surface area contributed by atoms with Crippen molar-refractivity contribution in [2.24, 2.45) is 0 Å². The van der Waals surface area contributed by atoms with Gasteiger partial charge in [-0.05, 0) is 0 Å². The van der Waals surface area contributed by atoms with Crippen LogP contribution in [-0.4, -0.2) is 16.6 Å². The molecule has 0 radical (unpaired) electrons. The number of ketones is 2. The predicted octanol–water partition coefficient (Wildman–Crippen LogP) is 2.02. The van der Waals surface area contributed by atoms with E-state index in [1.807, 2.05) is 0 Å². The molecular formula is C14H5NO4S. The summed E-state index contributed by atoms with van der Waals surface area (Å²) in [5, 5.41) is 0.0975. The van der Waals surface area contributed by atoms with Crippen molar-refractivity contribution in [1.82, 2.24) is 4.98 Å². The molecule has 0 amide bonds. The maximum Gasteiger partial charge on any atom is 0.348 e. The number of fused-ring (bicyclic) bond motifs is 4. The second kappa shape index (κ2) is 3.71. The Morgan fingerprint density at radius 1 is 1.00 bits per heavy atom. The van der Waals surface area contributed by atoms with Gasteiger partial charge in [0.25, 0.3) is 0 Å². The molecule has 5 nitrogen and oxygen atoms in total. The van der Waals surface area contributed by atoms with Gasteiger partial charge in [0.05, 0.1) is 10.4 Å². The lowest BCUT2D eigenvalue weighted by molar-refractivity contribution is 0.0983. The van der Waals surface area contributed by atoms with Gasteiger partial charge in [0.15, 0.2) is 12.2 Å². The van der Waals surface area contributed by atoms with E-state index in [0.717, 1.165) is 17.7 Å². The van der Waals surface area contributed by atoms with E-state index in [0.29, 0.717) is 16.0 Å². The maximum atomic E-state index is 12.5. The average Bonchev–Trinajstić information content (AvgIpc) is 2.86. The Morgan fingerprint density at radius 3 is 2.45 bits per heavy atom. The molecule has 20 heavy (non-hydrogen) atoms. The minimum absolute atomic E-state index is 0.0975. The second-order valence-corrected chi connectivity index (χ2v) is 5.33. The molecule has 1 aromatic carbocycles. The highest BCUT2D eigenvalue weighted by molar-refractivity contribution is 7.21. The first-order valence-corrected chi connectivity index (χ1v) is 6.59. The van der Waals surface area contributed by atoms with Crippen molar-refractivity contribution in [2.45, 2.75) is 0 Å². The first-order valence-electron chi connectivity index (χ1n) is 5.77. The van der Waals surface area contributed by atoms with Gasteiger partial charge in [-0.25, -0.2) is 9.78 Å². The summed E-state index contributed by atoms with van der Waals surface area (Å²) in [6.07, 6.45) is 1.02. The topological polar surface area (TPSA) is 77.2 Å². The Morgan fingerprint density at radius 2 is 1.70 bits per heavy atom. The number of aromatic nitrogens is 1. The van der Waals surface area contributed by atoms with Crippen molar-refractivity contribution in [3.05, 3.63) is 62.6 Å². The van der Waals surface area contributed by atoms with Gasteiger partial charge in [0, 0.05) is 11.1 Å². The van der Waals surface area contributed by atoms with E-state index in [-0.39, 0.29) is 27.4 Å². The van der Waals surface area contributed by atoms with Gasteiger partial charge in [0.2, 0.25) is 5.78 Å². The largest absolute Gasteiger partial charge is 0.411 e. The number of rotatable bonds is 0. The van der Waals surface area contributed by atoms with E-state index >= 15 is 0 Å². The third-order valence-electron chi connectivity index (χ3n) is 3.27. The fraction of sp³-hybridized carbons (Fsp3) is 0. The van der Waals surface area contributed by atoms with Crippen LogP contribution in [0.1, 0.15) is 31.2 Å². The summed E-state index contributed by atoms with van der Waals surface area (Å²) < 4.78 is 4.71. The molecule has 0 atom stereocenters. The average molecular weight is 283 g/mol. The van der Waals surface area contributed by atoms with Crippen LogP contribution >= 0.6 is 11.3 Å². The standard InChI is InChI=1S/C14H5NO4S/c16-10-6-3-1-2-4-7(6)11(17)12-8(10)9-13(20-12)15-5-19-14(9)18/h1-5H. The zero-order valence-corrected chi connectivity index (χ0v) is 10.7. The Hall–Kier alpha value is -2.60. The lowest BCUT2D eigenvalue weighted by atomic mass is 9.88. The van der Waals surface area contributed by atoms with Crippen LogP contribution in [-0.2, 0) is 0 Å². The molecule has 0 fully saturated rings. The van der Waals surface area contributed by atoms with Crippen LogP contribution in [0.15, 0.2) is 39.9 Å². The summed E-state index contributed by atoms with van der Waals surface area (Å²) in [7, 11) is 0. The monoisotopic (exact) mass is 283 g/mol. The van der Waals surface area contributed by atoms with Gasteiger partial charge in [-0.15, -0.1) is 11.3 Å². The van der Waals surface area contributed by atoms with Crippen molar-refractivity contribution in [3.8, 4) is 0 Å². The zero-order chi connectivity index (χ0) is 13.9. The molecule has 3 aromatic rings. The Labute approximate surface area is 115 Å². The van der Waals surface area contributed by atoms with Crippen LogP contribution in [0, 0.1) is 0 Å². The van der Waals surface area contributed by atoms with Gasteiger partial charge in [0.1, 0.15) is 10.2 Å². The highest BCUT2D eigenvalue weighted by Crippen LogP contribution is 2.36. The molecule has 96 valence electrons. The molecule has 2 aromatic heterocycles. The van der Waals surface area contributed by atoms with Crippen LogP contribution in [0.25, 0.3) is 10.2 Å². The molecule has 2 heterocycles. The summed E-state index contributed by atoms with van der Waals surface area (Å²) in [5.74, 6) is -0.584. The van der Waals surface area contributed by atoms with Crippen LogP contribution < -0.4 is 5.63 Å². The minimum Gasteiger partial charge on any atom is -0.411 e. The van der Waals surface area contributed by atoms with Crippen LogP contribution in [0.5, 0.6) is 0 Å². The highest BCUT2D eigenvalue weighted by atomic mass is 32.1. The molecule has 0 aliphatic heterocycles. The van der Waals surface area contributed by atoms with E-state index in [1.165, 1.54) is 0 Å². The Balaban J connectivity index is 2.18. The molecule has 0 spiro atoms. The van der Waals surface area contributed by atoms with E-state index in [4.69, 9.17) is 4.42 Å². The predicted molar refractivity (Wildman–Crippen MR) is 71.5 cm³/mol. The SMILES string of the molecule is O=C1c2ccccc2C(=O)c2c1sc1ncoc(=O)c21. The highest BCUT2D eigenvalue weighted by Gasteiger charge is 2.34. The molecule has 1 aliphatic rings. The van der Waals surface area contributed by atoms with E-state index in [1.54, 1.807) is 24.3 Å². The van der Waals surface area contributed by atoms with Crippen LogP contribution in [0.4, 0.5) is 0 Å². The fourth-order valence-corrected chi connectivity index (χ4v) is 3.47. The molecule has 0 N–H and O–H groups in total. The molecule has 1 aliphatic carbocycles. The summed E-state index contributed by atoms with van der Waals surface area (Å²) in [6.45, 7) is 0. The first-order chi connectivity index (χ1) is 9.68. The minimum atomic E-state index is -0.645. The summed E-state index contributed by atoms with van der Waals surface area (Å²) in [6, 6.07) is 6.58. The third-order valence-corrected chi connectivity index (χ3v) is 4.37. The van der Waals surface area contributed by atoms with E-state index in [9.17, 15) is 14.4 Å². The van der Waals surface area contributed by atoms with Gasteiger partial charge in [-0.3, -0.25) is 9.59 Å². The normalized spacial score (nSPS) is 13.4. The second-order valence-electron chi connectivity index (χ2n) is 4.33. The fourth-order valence-electron chi connectivity index (χ4n) is 2.39. The number of benzene rings is 1. The number of thiophene rings is 1. The maximum absolute atomic E-state index is 12.5. The number of hydrogen-bond donors (Lipinski definition) is 0. The van der Waals surface area contributed by atoms with E-state index < -0.39 is 5.63 Å². The molecule has 0 saturated heterocycles.